The Balaban J connectivity index is 1.30. The van der Waals surface area contributed by atoms with E-state index in [0.29, 0.717) is 30.1 Å². The number of rotatable bonds is 3. The maximum absolute atomic E-state index is 13.1. The second kappa shape index (κ2) is 8.73. The van der Waals surface area contributed by atoms with Crippen LogP contribution in [-0.4, -0.2) is 57.4 Å². The minimum Gasteiger partial charge on any atom is -0.339 e. The molecule has 32 heavy (non-hydrogen) atoms. The molecule has 4 heterocycles. The summed E-state index contributed by atoms with van der Waals surface area (Å²) < 4.78 is 14.9. The van der Waals surface area contributed by atoms with Gasteiger partial charge >= 0.3 is 0 Å². The van der Waals surface area contributed by atoms with Crippen LogP contribution in [0.3, 0.4) is 0 Å². The molecule has 6 nitrogen and oxygen atoms in total. The molecule has 1 aromatic carbocycles. The average Bonchev–Trinajstić information content (AvgIpc) is 3.27. The fraction of sp³-hybridized carbons (Fsp3) is 0.400. The number of halogens is 1. The molecule has 0 atom stereocenters. The van der Waals surface area contributed by atoms with Gasteiger partial charge in [0.1, 0.15) is 5.82 Å². The zero-order valence-electron chi connectivity index (χ0n) is 18.0. The number of carbonyl (C=O) groups excluding carboxylic acids is 2. The van der Waals surface area contributed by atoms with E-state index < -0.39 is 0 Å². The first-order valence-electron chi connectivity index (χ1n) is 11.4. The maximum atomic E-state index is 13.1. The van der Waals surface area contributed by atoms with Crippen molar-refractivity contribution in [2.75, 3.05) is 26.2 Å². The Morgan fingerprint density at radius 3 is 2.28 bits per heavy atom. The fourth-order valence-electron chi connectivity index (χ4n) is 4.87. The molecule has 7 heteroatoms. The van der Waals surface area contributed by atoms with Gasteiger partial charge in [0.05, 0.1) is 17.3 Å². The second-order valence-electron chi connectivity index (χ2n) is 8.77. The first-order valence-corrected chi connectivity index (χ1v) is 11.4. The molecule has 3 aromatic rings. The molecule has 2 fully saturated rings. The third-order valence-corrected chi connectivity index (χ3v) is 6.76. The van der Waals surface area contributed by atoms with Crippen LogP contribution in [0.2, 0.25) is 0 Å². The molecule has 2 aliphatic heterocycles. The van der Waals surface area contributed by atoms with Crippen molar-refractivity contribution in [3.05, 3.63) is 71.3 Å². The van der Waals surface area contributed by atoms with Crippen molar-refractivity contribution in [1.82, 2.24) is 19.4 Å². The molecule has 0 saturated carbocycles. The summed E-state index contributed by atoms with van der Waals surface area (Å²) in [4.78, 5) is 29.5. The number of aromatic nitrogens is 2. The highest BCUT2D eigenvalue weighted by Crippen LogP contribution is 2.30. The van der Waals surface area contributed by atoms with E-state index in [-0.39, 0.29) is 17.6 Å². The lowest BCUT2D eigenvalue weighted by Crippen LogP contribution is -2.38. The van der Waals surface area contributed by atoms with Gasteiger partial charge < -0.3 is 9.80 Å². The van der Waals surface area contributed by atoms with E-state index in [9.17, 15) is 14.0 Å². The Bertz CT molecular complexity index is 1130. The van der Waals surface area contributed by atoms with Crippen LogP contribution in [0, 0.1) is 5.82 Å². The number of amides is 2. The van der Waals surface area contributed by atoms with Gasteiger partial charge in [-0.3, -0.25) is 9.59 Å². The average molecular weight is 435 g/mol. The zero-order valence-corrected chi connectivity index (χ0v) is 18.0. The summed E-state index contributed by atoms with van der Waals surface area (Å²) in [6.45, 7) is 2.95. The third kappa shape index (κ3) is 3.99. The molecule has 0 bridgehead atoms. The molecule has 0 spiro atoms. The Labute approximate surface area is 186 Å². The summed E-state index contributed by atoms with van der Waals surface area (Å²) in [5.74, 6) is -0.000522. The number of likely N-dealkylation sites (tertiary alicyclic amines) is 2. The molecule has 2 amide bonds. The van der Waals surface area contributed by atoms with Crippen LogP contribution < -0.4 is 0 Å². The lowest BCUT2D eigenvalue weighted by Gasteiger charge is -2.32. The molecule has 0 N–H and O–H groups in total. The van der Waals surface area contributed by atoms with Crippen molar-refractivity contribution >= 4 is 17.3 Å². The lowest BCUT2D eigenvalue weighted by molar-refractivity contribution is 0.0709. The van der Waals surface area contributed by atoms with Gasteiger partial charge in [-0.25, -0.2) is 8.91 Å². The van der Waals surface area contributed by atoms with E-state index in [1.807, 2.05) is 16.0 Å². The molecule has 2 saturated heterocycles. The number of hydrogen-bond acceptors (Lipinski definition) is 3. The Morgan fingerprint density at radius 1 is 0.875 bits per heavy atom. The summed E-state index contributed by atoms with van der Waals surface area (Å²) in [5.41, 5.74) is 3.21. The number of pyridine rings is 1. The van der Waals surface area contributed by atoms with Gasteiger partial charge in [-0.05, 0) is 80.0 Å². The summed E-state index contributed by atoms with van der Waals surface area (Å²) in [5, 5.41) is 4.39. The highest BCUT2D eigenvalue weighted by molar-refractivity contribution is 6.00. The number of carbonyl (C=O) groups is 2. The first-order chi connectivity index (χ1) is 15.6. The minimum atomic E-state index is -0.339. The quantitative estimate of drug-likeness (QED) is 0.623. The van der Waals surface area contributed by atoms with Crippen molar-refractivity contribution in [2.45, 2.75) is 38.0 Å². The number of nitrogens with zero attached hydrogens (tertiary/aromatic N) is 4. The molecular weight excluding hydrogens is 407 g/mol. The predicted molar refractivity (Wildman–Crippen MR) is 119 cm³/mol. The van der Waals surface area contributed by atoms with Gasteiger partial charge in [-0.2, -0.15) is 5.10 Å². The van der Waals surface area contributed by atoms with Crippen LogP contribution in [0.5, 0.6) is 0 Å². The number of fused-ring (bicyclic) bond motifs is 1. The van der Waals surface area contributed by atoms with Crippen molar-refractivity contribution in [2.24, 2.45) is 0 Å². The van der Waals surface area contributed by atoms with Crippen LogP contribution in [0.25, 0.3) is 5.52 Å². The normalized spacial score (nSPS) is 17.7. The van der Waals surface area contributed by atoms with E-state index in [4.69, 9.17) is 0 Å². The first kappa shape index (κ1) is 20.7. The molecular formula is C25H27FN4O2. The SMILES string of the molecule is O=C(c1ccc(F)cc1)N1CCC(c2ccn3ncc(C(=O)N4CCCCC4)c3c2)CC1. The maximum Gasteiger partial charge on any atom is 0.257 e. The minimum absolute atomic E-state index is 0.0518. The van der Waals surface area contributed by atoms with Crippen molar-refractivity contribution in [3.63, 3.8) is 0 Å². The molecule has 5 rings (SSSR count). The highest BCUT2D eigenvalue weighted by Gasteiger charge is 2.26. The Hall–Kier alpha value is -3.22. The third-order valence-electron chi connectivity index (χ3n) is 6.76. The van der Waals surface area contributed by atoms with Crippen LogP contribution in [0.1, 0.15) is 64.3 Å². The van der Waals surface area contributed by atoms with Crippen molar-refractivity contribution in [3.8, 4) is 0 Å². The molecule has 2 aliphatic rings. The monoisotopic (exact) mass is 434 g/mol. The molecule has 0 unspecified atom stereocenters. The largest absolute Gasteiger partial charge is 0.339 e. The molecule has 2 aromatic heterocycles. The van der Waals surface area contributed by atoms with Gasteiger partial charge in [0.2, 0.25) is 0 Å². The Morgan fingerprint density at radius 2 is 1.56 bits per heavy atom. The summed E-state index contributed by atoms with van der Waals surface area (Å²) in [6.07, 6.45) is 8.62. The number of hydrogen-bond donors (Lipinski definition) is 0. The smallest absolute Gasteiger partial charge is 0.257 e. The van der Waals surface area contributed by atoms with Gasteiger partial charge in [-0.15, -0.1) is 0 Å². The summed E-state index contributed by atoms with van der Waals surface area (Å²) in [6, 6.07) is 9.88. The number of piperidine rings is 2. The topological polar surface area (TPSA) is 57.9 Å². The van der Waals surface area contributed by atoms with E-state index in [0.717, 1.165) is 44.3 Å². The van der Waals surface area contributed by atoms with Gasteiger partial charge in [0.15, 0.2) is 0 Å². The zero-order chi connectivity index (χ0) is 22.1. The number of benzene rings is 1. The summed E-state index contributed by atoms with van der Waals surface area (Å²) >= 11 is 0. The molecule has 166 valence electrons. The second-order valence-corrected chi connectivity index (χ2v) is 8.77. The van der Waals surface area contributed by atoms with Gasteiger partial charge in [0.25, 0.3) is 11.8 Å². The fourth-order valence-corrected chi connectivity index (χ4v) is 4.87. The summed E-state index contributed by atoms with van der Waals surface area (Å²) in [7, 11) is 0. The van der Waals surface area contributed by atoms with Crippen LogP contribution in [0.4, 0.5) is 4.39 Å². The van der Waals surface area contributed by atoms with E-state index >= 15 is 0 Å². The molecule has 0 aliphatic carbocycles. The van der Waals surface area contributed by atoms with Crippen LogP contribution in [-0.2, 0) is 0 Å². The van der Waals surface area contributed by atoms with E-state index in [1.54, 1.807) is 10.7 Å². The van der Waals surface area contributed by atoms with Crippen molar-refractivity contribution < 1.29 is 14.0 Å². The van der Waals surface area contributed by atoms with Crippen LogP contribution in [0.15, 0.2) is 48.8 Å². The standard InChI is InChI=1S/C25H27FN4O2/c26-21-6-4-19(5-7-21)24(31)29-13-8-18(9-14-29)20-10-15-30-23(16-20)22(17-27-30)25(32)28-11-2-1-3-12-28/h4-7,10,15-18H,1-3,8-9,11-14H2. The van der Waals surface area contributed by atoms with E-state index in [1.165, 1.54) is 36.2 Å². The highest BCUT2D eigenvalue weighted by atomic mass is 19.1. The van der Waals surface area contributed by atoms with Gasteiger partial charge in [0, 0.05) is 37.9 Å². The van der Waals surface area contributed by atoms with Crippen molar-refractivity contribution in [1.29, 1.82) is 0 Å². The Kier molecular flexibility index (Phi) is 5.64. The van der Waals surface area contributed by atoms with Gasteiger partial charge in [-0.1, -0.05) is 0 Å². The molecule has 0 radical (unpaired) electrons. The lowest BCUT2D eigenvalue weighted by atomic mass is 9.89. The predicted octanol–water partition coefficient (Wildman–Crippen LogP) is 4.12. The van der Waals surface area contributed by atoms with Crippen LogP contribution >= 0.6 is 0 Å². The van der Waals surface area contributed by atoms with E-state index in [2.05, 4.69) is 17.2 Å².